The van der Waals surface area contributed by atoms with Gasteiger partial charge in [0.15, 0.2) is 0 Å². The highest BCUT2D eigenvalue weighted by atomic mass is 31.2. The van der Waals surface area contributed by atoms with Gasteiger partial charge in [-0.3, -0.25) is 9.36 Å². The zero-order valence-electron chi connectivity index (χ0n) is 45.5. The van der Waals surface area contributed by atoms with Crippen molar-refractivity contribution in [1.29, 1.82) is 0 Å². The van der Waals surface area contributed by atoms with Crippen LogP contribution in [-0.4, -0.2) is 68.5 Å². The molecule has 9 heteroatoms. The molecule has 0 fully saturated rings. The number of unbranched alkanes of at least 4 members (excludes halogenated alkanes) is 26. The van der Waals surface area contributed by atoms with E-state index in [1.165, 1.54) is 128 Å². The molecule has 0 saturated heterocycles. The quantitative estimate of drug-likeness (QED) is 0.0272. The van der Waals surface area contributed by atoms with Crippen LogP contribution in [0.25, 0.3) is 0 Å². The summed E-state index contributed by atoms with van der Waals surface area (Å²) in [6.45, 7) is 4.52. The minimum Gasteiger partial charge on any atom is -0.756 e. The molecular formula is C60H109N2O6P. The Labute approximate surface area is 426 Å². The maximum atomic E-state index is 13.0. The summed E-state index contributed by atoms with van der Waals surface area (Å²) in [4.78, 5) is 25.5. The summed E-state index contributed by atoms with van der Waals surface area (Å²) in [5, 5.41) is 13.9. The molecule has 0 bridgehead atoms. The van der Waals surface area contributed by atoms with Gasteiger partial charge in [0.25, 0.3) is 7.82 Å². The number of likely N-dealkylation sites (N-methyl/N-ethyl adjacent to an activating group) is 1. The zero-order valence-corrected chi connectivity index (χ0v) is 46.4. The standard InChI is InChI=1S/C60H109N2O6P/c1-6-8-10-12-14-16-18-20-22-24-26-28-30-32-33-35-37-39-41-43-45-47-49-51-53-59(63)58(57-68-69(65,66)67-56-55-62(3,4)5)61-60(64)54-52-50-48-46-44-42-40-38-36-34-31-29-27-25-23-21-19-17-15-13-11-9-7-2/h9,11,15,17,21,23,27,29,34,36,40,42,51,53,58-59,63H,6-8,10,12-14,16,18-20,22,24-26,28,30-33,35,37-39,41,43-50,52,54-57H2,1-5H3,(H-,61,64,65,66)/b11-9-,17-15-,23-21-,29-27-,36-34-,42-40-,53-51+. The third-order valence-corrected chi connectivity index (χ3v) is 13.3. The summed E-state index contributed by atoms with van der Waals surface area (Å²) in [6.07, 6.45) is 70.8. The van der Waals surface area contributed by atoms with Gasteiger partial charge in [-0.05, 0) is 70.6 Å². The minimum absolute atomic E-state index is 0.0105. The summed E-state index contributed by atoms with van der Waals surface area (Å²) in [5.41, 5.74) is 0. The number of hydrogen-bond donors (Lipinski definition) is 2. The van der Waals surface area contributed by atoms with Gasteiger partial charge in [-0.25, -0.2) is 0 Å². The Kier molecular flexibility index (Phi) is 48.9. The fraction of sp³-hybridized carbons (Fsp3) is 0.750. The Balaban J connectivity index is 4.31. The van der Waals surface area contributed by atoms with Crippen LogP contribution in [0.15, 0.2) is 85.1 Å². The largest absolute Gasteiger partial charge is 0.756 e. The van der Waals surface area contributed by atoms with Crippen molar-refractivity contribution in [2.24, 2.45) is 0 Å². The van der Waals surface area contributed by atoms with Gasteiger partial charge in [-0.15, -0.1) is 0 Å². The second kappa shape index (κ2) is 50.6. The number of allylic oxidation sites excluding steroid dienone is 13. The molecule has 1 amide bonds. The van der Waals surface area contributed by atoms with Crippen molar-refractivity contribution in [2.75, 3.05) is 40.9 Å². The maximum Gasteiger partial charge on any atom is 0.268 e. The minimum atomic E-state index is -4.61. The van der Waals surface area contributed by atoms with Crippen molar-refractivity contribution in [3.05, 3.63) is 85.1 Å². The normalized spacial score (nSPS) is 14.6. The molecule has 0 aliphatic rings. The van der Waals surface area contributed by atoms with Crippen LogP contribution in [0.1, 0.15) is 239 Å². The van der Waals surface area contributed by atoms with Gasteiger partial charge in [0.2, 0.25) is 5.91 Å². The van der Waals surface area contributed by atoms with E-state index in [4.69, 9.17) is 9.05 Å². The number of phosphoric acid groups is 1. The number of rotatable bonds is 51. The van der Waals surface area contributed by atoms with E-state index in [2.05, 4.69) is 92.1 Å². The van der Waals surface area contributed by atoms with Crippen LogP contribution in [0.5, 0.6) is 0 Å². The molecule has 0 spiro atoms. The van der Waals surface area contributed by atoms with Crippen LogP contribution in [0, 0.1) is 0 Å². The number of hydrogen-bond acceptors (Lipinski definition) is 6. The zero-order chi connectivity index (χ0) is 50.6. The van der Waals surface area contributed by atoms with E-state index in [1.54, 1.807) is 6.08 Å². The van der Waals surface area contributed by atoms with E-state index in [0.717, 1.165) is 89.9 Å². The molecule has 0 aromatic heterocycles. The summed E-state index contributed by atoms with van der Waals surface area (Å²) in [5.74, 6) is -0.223. The van der Waals surface area contributed by atoms with E-state index in [1.807, 2.05) is 27.2 Å². The predicted octanol–water partition coefficient (Wildman–Crippen LogP) is 16.6. The smallest absolute Gasteiger partial charge is 0.268 e. The lowest BCUT2D eigenvalue weighted by molar-refractivity contribution is -0.870. The Morgan fingerprint density at radius 2 is 0.884 bits per heavy atom. The van der Waals surface area contributed by atoms with Crippen LogP contribution in [0.4, 0.5) is 0 Å². The predicted molar refractivity (Wildman–Crippen MR) is 297 cm³/mol. The van der Waals surface area contributed by atoms with Crippen molar-refractivity contribution in [2.45, 2.75) is 251 Å². The Morgan fingerprint density at radius 1 is 0.522 bits per heavy atom. The molecule has 0 aromatic rings. The van der Waals surface area contributed by atoms with Gasteiger partial charge < -0.3 is 28.8 Å². The number of nitrogens with one attached hydrogen (secondary N) is 1. The van der Waals surface area contributed by atoms with Gasteiger partial charge in [0.05, 0.1) is 39.9 Å². The molecule has 2 N–H and O–H groups in total. The average molecular weight is 986 g/mol. The van der Waals surface area contributed by atoms with Crippen molar-refractivity contribution in [1.82, 2.24) is 5.32 Å². The van der Waals surface area contributed by atoms with Crippen LogP contribution >= 0.6 is 7.82 Å². The summed E-state index contributed by atoms with van der Waals surface area (Å²) < 4.78 is 23.3. The van der Waals surface area contributed by atoms with Crippen molar-refractivity contribution < 1.29 is 32.9 Å². The molecule has 69 heavy (non-hydrogen) atoms. The van der Waals surface area contributed by atoms with E-state index in [9.17, 15) is 19.4 Å². The Hall–Kier alpha value is -2.32. The molecule has 0 rings (SSSR count). The third-order valence-electron chi connectivity index (χ3n) is 12.4. The van der Waals surface area contributed by atoms with Crippen LogP contribution < -0.4 is 10.2 Å². The second-order valence-electron chi connectivity index (χ2n) is 20.3. The molecule has 0 aromatic carbocycles. The number of amides is 1. The van der Waals surface area contributed by atoms with Gasteiger partial charge in [-0.2, -0.15) is 0 Å². The van der Waals surface area contributed by atoms with Crippen molar-refractivity contribution >= 4 is 13.7 Å². The van der Waals surface area contributed by atoms with Gasteiger partial charge >= 0.3 is 0 Å². The Bertz CT molecular complexity index is 1400. The highest BCUT2D eigenvalue weighted by molar-refractivity contribution is 7.45. The first-order chi connectivity index (χ1) is 33.5. The van der Waals surface area contributed by atoms with E-state index < -0.39 is 26.6 Å². The molecule has 0 aliphatic heterocycles. The lowest BCUT2D eigenvalue weighted by atomic mass is 10.0. The van der Waals surface area contributed by atoms with E-state index in [-0.39, 0.29) is 12.5 Å². The second-order valence-corrected chi connectivity index (χ2v) is 21.7. The highest BCUT2D eigenvalue weighted by Crippen LogP contribution is 2.38. The molecule has 8 nitrogen and oxygen atoms in total. The lowest BCUT2D eigenvalue weighted by Gasteiger charge is -2.29. The molecule has 400 valence electrons. The SMILES string of the molecule is CC/C=C\C/C=C\C/C=C\C/C=C\C/C=C\C/C=C\CCCCCCC(=O)NC(COP(=O)([O-])OCC[N+](C)(C)C)C(O)/C=C/CCCCCCCCCCCCCCCCCCCCCCCC. The third kappa shape index (κ3) is 53.3. The molecule has 0 heterocycles. The van der Waals surface area contributed by atoms with Crippen molar-refractivity contribution in [3.8, 4) is 0 Å². The fourth-order valence-corrected chi connectivity index (χ4v) is 8.64. The number of quaternary nitrogens is 1. The van der Waals surface area contributed by atoms with Gasteiger partial charge in [0, 0.05) is 6.42 Å². The molecule has 3 unspecified atom stereocenters. The summed E-state index contributed by atoms with van der Waals surface area (Å²) in [6, 6.07) is -0.907. The summed E-state index contributed by atoms with van der Waals surface area (Å²) in [7, 11) is 1.23. The number of aliphatic hydroxyl groups excluding tert-OH is 1. The first-order valence-corrected chi connectivity index (χ1v) is 29.9. The molecule has 0 saturated carbocycles. The summed E-state index contributed by atoms with van der Waals surface area (Å²) >= 11 is 0. The topological polar surface area (TPSA) is 108 Å². The van der Waals surface area contributed by atoms with Crippen LogP contribution in [0.2, 0.25) is 0 Å². The van der Waals surface area contributed by atoms with Crippen molar-refractivity contribution in [3.63, 3.8) is 0 Å². The van der Waals surface area contributed by atoms with E-state index >= 15 is 0 Å². The number of carbonyl (C=O) groups is 1. The molecule has 0 radical (unpaired) electrons. The lowest BCUT2D eigenvalue weighted by Crippen LogP contribution is -2.45. The average Bonchev–Trinajstić information content (AvgIpc) is 3.31. The molecule has 3 atom stereocenters. The number of aliphatic hydroxyl groups is 1. The Morgan fingerprint density at radius 3 is 1.29 bits per heavy atom. The number of carbonyl (C=O) groups excluding carboxylic acids is 1. The molecule has 0 aliphatic carbocycles. The highest BCUT2D eigenvalue weighted by Gasteiger charge is 2.23. The first-order valence-electron chi connectivity index (χ1n) is 28.4. The van der Waals surface area contributed by atoms with E-state index in [0.29, 0.717) is 17.4 Å². The molecular weight excluding hydrogens is 876 g/mol. The monoisotopic (exact) mass is 985 g/mol. The van der Waals surface area contributed by atoms with Gasteiger partial charge in [-0.1, -0.05) is 247 Å². The maximum absolute atomic E-state index is 13.0. The number of nitrogens with zero attached hydrogens (tertiary/aromatic N) is 1. The van der Waals surface area contributed by atoms with Crippen LogP contribution in [-0.2, 0) is 18.4 Å². The fourth-order valence-electron chi connectivity index (χ4n) is 7.92. The van der Waals surface area contributed by atoms with Crippen LogP contribution in [0.3, 0.4) is 0 Å². The number of phosphoric ester groups is 1. The first kappa shape index (κ1) is 66.7. The van der Waals surface area contributed by atoms with Gasteiger partial charge in [0.1, 0.15) is 13.2 Å².